The summed E-state index contributed by atoms with van der Waals surface area (Å²) in [6.45, 7) is 3.51. The minimum atomic E-state index is -0.623. The van der Waals surface area contributed by atoms with E-state index in [2.05, 4.69) is 0 Å². The number of hydrogen-bond donors (Lipinski definition) is 1. The Morgan fingerprint density at radius 2 is 1.91 bits per heavy atom. The van der Waals surface area contributed by atoms with Crippen molar-refractivity contribution >= 4 is 5.97 Å². The summed E-state index contributed by atoms with van der Waals surface area (Å²) in [5, 5.41) is 10.4. The van der Waals surface area contributed by atoms with Crippen molar-refractivity contribution in [3.8, 4) is 5.75 Å². The first-order valence-electron chi connectivity index (χ1n) is 7.09. The van der Waals surface area contributed by atoms with Crippen LogP contribution >= 0.6 is 0 Å². The Bertz CT molecular complexity index is 747. The fourth-order valence-corrected chi connectivity index (χ4v) is 2.35. The highest BCUT2D eigenvalue weighted by molar-refractivity contribution is 5.94. The largest absolute Gasteiger partial charge is 0.506 e. The van der Waals surface area contributed by atoms with Crippen LogP contribution in [-0.4, -0.2) is 22.2 Å². The molecule has 0 saturated heterocycles. The molecule has 1 heterocycles. The van der Waals surface area contributed by atoms with Crippen LogP contribution in [0, 0.1) is 6.92 Å². The molecule has 5 heteroatoms. The molecule has 0 amide bonds. The first kappa shape index (κ1) is 15.8. The molecule has 0 saturated carbocycles. The maximum absolute atomic E-state index is 12.4. The first-order chi connectivity index (χ1) is 10.5. The molecule has 0 bridgehead atoms. The highest BCUT2D eigenvalue weighted by Crippen LogP contribution is 2.25. The number of rotatable bonds is 4. The average molecular weight is 301 g/mol. The summed E-state index contributed by atoms with van der Waals surface area (Å²) in [5.41, 5.74) is 1.20. The fourth-order valence-electron chi connectivity index (χ4n) is 2.35. The average Bonchev–Trinajstić information content (AvgIpc) is 2.51. The predicted molar refractivity (Wildman–Crippen MR) is 83.3 cm³/mol. The van der Waals surface area contributed by atoms with E-state index in [1.807, 2.05) is 30.3 Å². The standard InChI is InChI=1S/C17H19NO4/c1-4-22-17(21)14-11(2)18(3)16(20)13(15(14)19)10-12-8-6-5-7-9-12/h5-9,19H,4,10H2,1-3H3. The van der Waals surface area contributed by atoms with Gasteiger partial charge in [0, 0.05) is 19.2 Å². The van der Waals surface area contributed by atoms with Gasteiger partial charge in [0.2, 0.25) is 0 Å². The fraction of sp³-hybridized carbons (Fsp3) is 0.294. The molecular formula is C17H19NO4. The van der Waals surface area contributed by atoms with Gasteiger partial charge in [-0.05, 0) is 19.4 Å². The second-order valence-corrected chi connectivity index (χ2v) is 5.03. The van der Waals surface area contributed by atoms with E-state index in [-0.39, 0.29) is 35.5 Å². The number of aromatic nitrogens is 1. The van der Waals surface area contributed by atoms with E-state index in [0.29, 0.717) is 5.69 Å². The molecule has 0 atom stereocenters. The molecule has 1 aromatic heterocycles. The van der Waals surface area contributed by atoms with Crippen molar-refractivity contribution in [2.45, 2.75) is 20.3 Å². The van der Waals surface area contributed by atoms with E-state index in [0.717, 1.165) is 5.56 Å². The summed E-state index contributed by atoms with van der Waals surface area (Å²) in [5.74, 6) is -0.912. The predicted octanol–water partition coefficient (Wildman–Crippen LogP) is 2.17. The second kappa shape index (κ2) is 6.47. The van der Waals surface area contributed by atoms with E-state index in [1.54, 1.807) is 20.9 Å². The Hall–Kier alpha value is -2.56. The zero-order chi connectivity index (χ0) is 16.3. The lowest BCUT2D eigenvalue weighted by Gasteiger charge is -2.15. The molecule has 0 radical (unpaired) electrons. The number of aromatic hydroxyl groups is 1. The highest BCUT2D eigenvalue weighted by atomic mass is 16.5. The molecule has 0 spiro atoms. The van der Waals surface area contributed by atoms with Gasteiger partial charge in [-0.15, -0.1) is 0 Å². The molecular weight excluding hydrogens is 282 g/mol. The zero-order valence-electron chi connectivity index (χ0n) is 12.9. The van der Waals surface area contributed by atoms with Gasteiger partial charge >= 0.3 is 5.97 Å². The molecule has 2 rings (SSSR count). The van der Waals surface area contributed by atoms with Crippen LogP contribution < -0.4 is 5.56 Å². The molecule has 0 aliphatic heterocycles. The van der Waals surface area contributed by atoms with Gasteiger partial charge in [0.15, 0.2) is 0 Å². The van der Waals surface area contributed by atoms with Gasteiger partial charge < -0.3 is 14.4 Å². The number of nitrogens with zero attached hydrogens (tertiary/aromatic N) is 1. The lowest BCUT2D eigenvalue weighted by atomic mass is 10.0. The van der Waals surface area contributed by atoms with Gasteiger partial charge in [-0.1, -0.05) is 30.3 Å². The summed E-state index contributed by atoms with van der Waals surface area (Å²) in [6, 6.07) is 9.32. The molecule has 0 unspecified atom stereocenters. The lowest BCUT2D eigenvalue weighted by molar-refractivity contribution is 0.0520. The van der Waals surface area contributed by atoms with Crippen LogP contribution in [0.3, 0.4) is 0 Å². The van der Waals surface area contributed by atoms with Gasteiger partial charge in [0.25, 0.3) is 5.56 Å². The summed E-state index contributed by atoms with van der Waals surface area (Å²) >= 11 is 0. The molecule has 1 N–H and O–H groups in total. The van der Waals surface area contributed by atoms with Crippen molar-refractivity contribution in [3.63, 3.8) is 0 Å². The van der Waals surface area contributed by atoms with Gasteiger partial charge in [0.1, 0.15) is 11.3 Å². The molecule has 0 aliphatic carbocycles. The van der Waals surface area contributed by atoms with Crippen molar-refractivity contribution in [2.24, 2.45) is 7.05 Å². The highest BCUT2D eigenvalue weighted by Gasteiger charge is 2.23. The number of benzene rings is 1. The second-order valence-electron chi connectivity index (χ2n) is 5.03. The van der Waals surface area contributed by atoms with Gasteiger partial charge in [-0.25, -0.2) is 4.79 Å². The van der Waals surface area contributed by atoms with Gasteiger partial charge in [-0.2, -0.15) is 0 Å². The molecule has 116 valence electrons. The zero-order valence-corrected chi connectivity index (χ0v) is 12.9. The quantitative estimate of drug-likeness (QED) is 0.879. The number of carbonyl (C=O) groups is 1. The first-order valence-corrected chi connectivity index (χ1v) is 7.09. The Balaban J connectivity index is 2.59. The minimum Gasteiger partial charge on any atom is -0.506 e. The van der Waals surface area contributed by atoms with Crippen LogP contribution in [0.4, 0.5) is 0 Å². The third-order valence-corrected chi connectivity index (χ3v) is 3.65. The van der Waals surface area contributed by atoms with Crippen LogP contribution in [0.15, 0.2) is 35.1 Å². The molecule has 1 aromatic carbocycles. The van der Waals surface area contributed by atoms with Gasteiger partial charge in [-0.3, -0.25) is 4.79 Å². The smallest absolute Gasteiger partial charge is 0.343 e. The van der Waals surface area contributed by atoms with E-state index in [9.17, 15) is 14.7 Å². The van der Waals surface area contributed by atoms with Crippen molar-refractivity contribution < 1.29 is 14.6 Å². The van der Waals surface area contributed by atoms with Crippen LogP contribution in [-0.2, 0) is 18.2 Å². The van der Waals surface area contributed by atoms with Crippen molar-refractivity contribution in [3.05, 3.63) is 63.1 Å². The Morgan fingerprint density at radius 3 is 2.50 bits per heavy atom. The number of hydrogen-bond acceptors (Lipinski definition) is 4. The Morgan fingerprint density at radius 1 is 1.27 bits per heavy atom. The van der Waals surface area contributed by atoms with E-state index < -0.39 is 5.97 Å². The van der Waals surface area contributed by atoms with E-state index in [1.165, 1.54) is 4.57 Å². The topological polar surface area (TPSA) is 68.5 Å². The number of ether oxygens (including phenoxy) is 1. The third-order valence-electron chi connectivity index (χ3n) is 3.65. The van der Waals surface area contributed by atoms with E-state index >= 15 is 0 Å². The lowest BCUT2D eigenvalue weighted by Crippen LogP contribution is -2.27. The summed E-state index contributed by atoms with van der Waals surface area (Å²) in [7, 11) is 1.58. The SMILES string of the molecule is CCOC(=O)c1c(O)c(Cc2ccccc2)c(=O)n(C)c1C. The summed E-state index contributed by atoms with van der Waals surface area (Å²) in [4.78, 5) is 24.5. The van der Waals surface area contributed by atoms with Crippen LogP contribution in [0.2, 0.25) is 0 Å². The Labute approximate surface area is 128 Å². The van der Waals surface area contributed by atoms with Crippen molar-refractivity contribution in [2.75, 3.05) is 6.61 Å². The van der Waals surface area contributed by atoms with E-state index in [4.69, 9.17) is 4.74 Å². The van der Waals surface area contributed by atoms with Crippen LogP contribution in [0.1, 0.15) is 34.1 Å². The van der Waals surface area contributed by atoms with Crippen LogP contribution in [0.5, 0.6) is 5.75 Å². The monoisotopic (exact) mass is 301 g/mol. The number of esters is 1. The van der Waals surface area contributed by atoms with Crippen LogP contribution in [0.25, 0.3) is 0 Å². The van der Waals surface area contributed by atoms with Crippen molar-refractivity contribution in [1.82, 2.24) is 4.57 Å². The molecule has 2 aromatic rings. The van der Waals surface area contributed by atoms with Gasteiger partial charge in [0.05, 0.1) is 12.2 Å². The molecule has 0 fully saturated rings. The normalized spacial score (nSPS) is 10.5. The number of carbonyl (C=O) groups excluding carboxylic acids is 1. The van der Waals surface area contributed by atoms with Crippen molar-refractivity contribution in [1.29, 1.82) is 0 Å². The molecule has 5 nitrogen and oxygen atoms in total. The maximum atomic E-state index is 12.4. The molecule has 0 aliphatic rings. The number of pyridine rings is 1. The Kier molecular flexibility index (Phi) is 4.65. The summed E-state index contributed by atoms with van der Waals surface area (Å²) < 4.78 is 6.34. The minimum absolute atomic E-state index is 0.0508. The summed E-state index contributed by atoms with van der Waals surface area (Å²) in [6.07, 6.45) is 0.256. The third kappa shape index (κ3) is 2.88. The molecule has 22 heavy (non-hydrogen) atoms. The maximum Gasteiger partial charge on any atom is 0.343 e.